The zero-order valence-corrected chi connectivity index (χ0v) is 25.4. The second-order valence-electron chi connectivity index (χ2n) is 9.51. The van der Waals surface area contributed by atoms with Gasteiger partial charge in [-0.25, -0.2) is 14.8 Å². The van der Waals surface area contributed by atoms with Crippen molar-refractivity contribution in [2.45, 2.75) is 12.5 Å². The molecule has 0 saturated carbocycles. The molecule has 45 heavy (non-hydrogen) atoms. The summed E-state index contributed by atoms with van der Waals surface area (Å²) in [5, 5.41) is 17.6. The fourth-order valence-electron chi connectivity index (χ4n) is 4.28. The normalized spacial score (nSPS) is 11.8. The van der Waals surface area contributed by atoms with Crippen molar-refractivity contribution >= 4 is 47.1 Å². The monoisotopic (exact) mass is 647 g/mol. The van der Waals surface area contributed by atoms with Crippen molar-refractivity contribution in [3.05, 3.63) is 106 Å². The number of nitrogens with one attached hydrogen (secondary N) is 3. The highest BCUT2D eigenvalue weighted by Crippen LogP contribution is 2.29. The Morgan fingerprint density at radius 3 is 2.67 bits per heavy atom. The van der Waals surface area contributed by atoms with Crippen LogP contribution in [0.1, 0.15) is 23.0 Å². The molecule has 1 unspecified atom stereocenters. The van der Waals surface area contributed by atoms with E-state index in [4.69, 9.17) is 37.7 Å². The Balaban J connectivity index is 1.34. The highest BCUT2D eigenvalue weighted by molar-refractivity contribution is 6.32. The van der Waals surface area contributed by atoms with E-state index in [1.165, 1.54) is 30.4 Å². The minimum absolute atomic E-state index is 0.116. The lowest BCUT2D eigenvalue weighted by atomic mass is 10.1. The number of amides is 2. The number of benzene rings is 2. The Hall–Kier alpha value is -5.11. The smallest absolute Gasteiger partial charge is 0.412 e. The maximum Gasteiger partial charge on any atom is 0.412 e. The van der Waals surface area contributed by atoms with Gasteiger partial charge >= 0.3 is 6.09 Å². The summed E-state index contributed by atoms with van der Waals surface area (Å²) in [7, 11) is 1.51. The van der Waals surface area contributed by atoms with Crippen LogP contribution < -0.4 is 10.6 Å². The fourth-order valence-corrected chi connectivity index (χ4v) is 4.71. The zero-order chi connectivity index (χ0) is 31.6. The van der Waals surface area contributed by atoms with Crippen LogP contribution in [0.25, 0.3) is 23.0 Å². The molecule has 3 heterocycles. The van der Waals surface area contributed by atoms with E-state index in [0.29, 0.717) is 39.8 Å². The quantitative estimate of drug-likeness (QED) is 0.124. The molecule has 230 valence electrons. The van der Waals surface area contributed by atoms with E-state index in [-0.39, 0.29) is 30.1 Å². The number of nitrogens with zero attached hydrogens (tertiary/aromatic N) is 6. The fraction of sp³-hybridized carbons (Fsp3) is 0.167. The molecule has 0 spiro atoms. The molecule has 0 fully saturated rings. The summed E-state index contributed by atoms with van der Waals surface area (Å²) in [6, 6.07) is 17.6. The van der Waals surface area contributed by atoms with E-state index in [9.17, 15) is 9.59 Å². The van der Waals surface area contributed by atoms with E-state index >= 15 is 0 Å². The molecule has 0 saturated heterocycles. The molecule has 0 aliphatic heterocycles. The van der Waals surface area contributed by atoms with Gasteiger partial charge in [0.2, 0.25) is 5.91 Å². The molecule has 0 aliphatic rings. The van der Waals surface area contributed by atoms with Crippen molar-refractivity contribution in [3.8, 4) is 16.9 Å². The van der Waals surface area contributed by atoms with Gasteiger partial charge in [0.1, 0.15) is 35.4 Å². The predicted molar refractivity (Wildman–Crippen MR) is 168 cm³/mol. The maximum absolute atomic E-state index is 13.2. The van der Waals surface area contributed by atoms with E-state index in [2.05, 4.69) is 36.1 Å². The van der Waals surface area contributed by atoms with Gasteiger partial charge in [-0.15, -0.1) is 5.10 Å². The van der Waals surface area contributed by atoms with Gasteiger partial charge < -0.3 is 19.8 Å². The second kappa shape index (κ2) is 15.1. The third-order valence-electron chi connectivity index (χ3n) is 6.39. The molecule has 2 amide bonds. The molecular weight excluding hydrogens is 621 g/mol. The van der Waals surface area contributed by atoms with Gasteiger partial charge in [-0.2, -0.15) is 4.68 Å². The highest BCUT2D eigenvalue weighted by Gasteiger charge is 2.21. The number of hydrogen-bond acceptors (Lipinski definition) is 9. The molecular formula is C30H27Cl2N9O4. The molecule has 3 N–H and O–H groups in total. The molecule has 2 aromatic carbocycles. The number of ether oxygens (including phenoxy) is 2. The van der Waals surface area contributed by atoms with Crippen molar-refractivity contribution < 1.29 is 19.1 Å². The van der Waals surface area contributed by atoms with Crippen LogP contribution in [0.5, 0.6) is 0 Å². The largest absolute Gasteiger partial charge is 0.447 e. The summed E-state index contributed by atoms with van der Waals surface area (Å²) >= 11 is 12.8. The Morgan fingerprint density at radius 2 is 1.93 bits per heavy atom. The number of rotatable bonds is 12. The summed E-state index contributed by atoms with van der Waals surface area (Å²) in [5.74, 6) is 0.362. The number of aromatic nitrogens is 7. The number of H-pyrrole nitrogens is 1. The van der Waals surface area contributed by atoms with Gasteiger partial charge in [-0.05, 0) is 58.8 Å². The third-order valence-corrected chi connectivity index (χ3v) is 6.90. The number of anilines is 1. The standard InChI is InChI=1S/C30H27Cl2N9O4/c1-44-13-14-45-30(43)36-25-11-7-21(17-33-25)27-28(32)38-29(37-27)23(15-19-5-3-2-4-6-19)35-26(42)12-8-20-16-22(31)9-10-24(20)41-18-34-39-40-41/h2-12,16-18,23H,13-15H2,1H3,(H,35,42)(H,37,38)(H,33,36,43). The molecule has 0 aliphatic carbocycles. The Labute approximate surface area is 267 Å². The maximum atomic E-state index is 13.2. The Kier molecular flexibility index (Phi) is 10.5. The van der Waals surface area contributed by atoms with Gasteiger partial charge in [0.15, 0.2) is 0 Å². The highest BCUT2D eigenvalue weighted by atomic mass is 35.5. The van der Waals surface area contributed by atoms with Crippen molar-refractivity contribution in [2.75, 3.05) is 25.6 Å². The van der Waals surface area contributed by atoms with E-state index < -0.39 is 12.1 Å². The molecule has 0 radical (unpaired) electrons. The summed E-state index contributed by atoms with van der Waals surface area (Å²) in [5.41, 5.74) is 3.30. The number of hydrogen-bond donors (Lipinski definition) is 3. The second-order valence-corrected chi connectivity index (χ2v) is 10.3. The molecule has 3 aromatic heterocycles. The van der Waals surface area contributed by atoms with Crippen LogP contribution in [0.3, 0.4) is 0 Å². The lowest BCUT2D eigenvalue weighted by Gasteiger charge is -2.16. The number of methoxy groups -OCH3 is 1. The first-order chi connectivity index (χ1) is 21.9. The van der Waals surface area contributed by atoms with E-state index in [1.54, 1.807) is 36.4 Å². The van der Waals surface area contributed by atoms with Gasteiger partial charge in [0, 0.05) is 35.5 Å². The first-order valence-electron chi connectivity index (χ1n) is 13.6. The van der Waals surface area contributed by atoms with Crippen LogP contribution in [-0.2, 0) is 20.7 Å². The van der Waals surface area contributed by atoms with Crippen LogP contribution in [0, 0.1) is 0 Å². The average Bonchev–Trinajstić information content (AvgIpc) is 3.71. The molecule has 5 rings (SSSR count). The summed E-state index contributed by atoms with van der Waals surface area (Å²) < 4.78 is 11.3. The topological polar surface area (TPSA) is 162 Å². The molecule has 15 heteroatoms. The van der Waals surface area contributed by atoms with Crippen LogP contribution in [0.15, 0.2) is 79.3 Å². The van der Waals surface area contributed by atoms with Crippen LogP contribution >= 0.6 is 23.2 Å². The van der Waals surface area contributed by atoms with Gasteiger partial charge in [0.25, 0.3) is 0 Å². The number of tetrazole rings is 1. The summed E-state index contributed by atoms with van der Waals surface area (Å²) in [6.07, 6.45) is 5.79. The number of pyridine rings is 1. The minimum Gasteiger partial charge on any atom is -0.447 e. The van der Waals surface area contributed by atoms with Crippen molar-refractivity contribution in [2.24, 2.45) is 0 Å². The number of aromatic amines is 1. The third kappa shape index (κ3) is 8.50. The number of halogens is 2. The SMILES string of the molecule is COCCOC(=O)Nc1ccc(-c2nc(C(Cc3ccccc3)NC(=O)C=Cc3cc(Cl)ccc3-n3cnnn3)[nH]c2Cl)cn1. The first kappa shape index (κ1) is 31.3. The number of imidazole rings is 1. The van der Waals surface area contributed by atoms with Crippen molar-refractivity contribution in [1.29, 1.82) is 0 Å². The summed E-state index contributed by atoms with van der Waals surface area (Å²) in [6.45, 7) is 0.400. The Morgan fingerprint density at radius 1 is 1.09 bits per heavy atom. The van der Waals surface area contributed by atoms with Crippen LogP contribution in [0.2, 0.25) is 10.2 Å². The average molecular weight is 649 g/mol. The van der Waals surface area contributed by atoms with Crippen LogP contribution in [-0.4, -0.2) is 67.5 Å². The molecule has 0 bridgehead atoms. The zero-order valence-electron chi connectivity index (χ0n) is 23.9. The summed E-state index contributed by atoms with van der Waals surface area (Å²) in [4.78, 5) is 37.2. The van der Waals surface area contributed by atoms with E-state index in [1.807, 2.05) is 30.3 Å². The van der Waals surface area contributed by atoms with Crippen LogP contribution in [0.4, 0.5) is 10.6 Å². The molecule has 13 nitrogen and oxygen atoms in total. The van der Waals surface area contributed by atoms with Crippen molar-refractivity contribution in [3.63, 3.8) is 0 Å². The number of carbonyl (C=O) groups excluding carboxylic acids is 2. The predicted octanol–water partition coefficient (Wildman–Crippen LogP) is 5.06. The lowest BCUT2D eigenvalue weighted by Crippen LogP contribution is -2.29. The minimum atomic E-state index is -0.650. The van der Waals surface area contributed by atoms with Gasteiger partial charge in [-0.1, -0.05) is 53.5 Å². The first-order valence-corrected chi connectivity index (χ1v) is 14.3. The Bertz CT molecular complexity index is 1760. The molecule has 5 aromatic rings. The van der Waals surface area contributed by atoms with Gasteiger partial charge in [0.05, 0.1) is 18.3 Å². The number of carbonyl (C=O) groups is 2. The van der Waals surface area contributed by atoms with Crippen molar-refractivity contribution in [1.82, 2.24) is 40.5 Å². The van der Waals surface area contributed by atoms with E-state index in [0.717, 1.165) is 5.56 Å². The lowest BCUT2D eigenvalue weighted by molar-refractivity contribution is -0.117. The van der Waals surface area contributed by atoms with Gasteiger partial charge in [-0.3, -0.25) is 10.1 Å². The molecule has 1 atom stereocenters.